The Labute approximate surface area is 90.1 Å². The van der Waals surface area contributed by atoms with E-state index in [0.29, 0.717) is 0 Å². The lowest BCUT2D eigenvalue weighted by molar-refractivity contribution is -0.119. The van der Waals surface area contributed by atoms with Gasteiger partial charge < -0.3 is 15.2 Å². The van der Waals surface area contributed by atoms with Gasteiger partial charge in [0.1, 0.15) is 0 Å². The first-order valence-corrected chi connectivity index (χ1v) is 4.52. The van der Waals surface area contributed by atoms with E-state index in [9.17, 15) is 9.18 Å². The van der Waals surface area contributed by atoms with Crippen LogP contribution in [0.25, 0.3) is 0 Å². The Morgan fingerprint density at radius 2 is 2.38 bits per heavy atom. The molecular formula is C9H10FN3O3. The average molecular weight is 227 g/mol. The van der Waals surface area contributed by atoms with Crippen LogP contribution in [-0.2, 0) is 9.47 Å². The van der Waals surface area contributed by atoms with Crippen molar-refractivity contribution in [3.05, 3.63) is 34.7 Å². The molecule has 86 valence electrons. The van der Waals surface area contributed by atoms with Crippen LogP contribution in [0.3, 0.4) is 0 Å². The minimum absolute atomic E-state index is 0.425. The van der Waals surface area contributed by atoms with Crippen molar-refractivity contribution >= 4 is 5.82 Å². The molecular weight excluding hydrogens is 217 g/mol. The number of halogens is 1. The number of anilines is 1. The molecule has 2 N–H and O–H groups in total. The van der Waals surface area contributed by atoms with Crippen LogP contribution in [0.5, 0.6) is 0 Å². The van der Waals surface area contributed by atoms with Crippen molar-refractivity contribution < 1.29 is 13.9 Å². The van der Waals surface area contributed by atoms with E-state index in [0.717, 1.165) is 10.8 Å². The number of nitrogens with zero attached hydrogens (tertiary/aromatic N) is 2. The van der Waals surface area contributed by atoms with Gasteiger partial charge in [0.05, 0.1) is 6.20 Å². The van der Waals surface area contributed by atoms with Crippen LogP contribution in [-0.4, -0.2) is 23.0 Å². The summed E-state index contributed by atoms with van der Waals surface area (Å²) in [5.41, 5.74) is 4.48. The highest BCUT2D eigenvalue weighted by Crippen LogP contribution is 2.20. The summed E-state index contributed by atoms with van der Waals surface area (Å²) in [5, 5.41) is 0. The molecule has 0 aromatic carbocycles. The molecule has 0 spiro atoms. The molecule has 6 nitrogen and oxygen atoms in total. The maximum atomic E-state index is 13.1. The molecule has 2 heterocycles. The first-order valence-electron chi connectivity index (χ1n) is 4.52. The number of methoxy groups -OCH3 is 1. The molecule has 1 aliphatic heterocycles. The molecule has 16 heavy (non-hydrogen) atoms. The molecule has 2 atom stereocenters. The van der Waals surface area contributed by atoms with Gasteiger partial charge in [0, 0.05) is 7.11 Å². The molecule has 1 aliphatic rings. The van der Waals surface area contributed by atoms with Gasteiger partial charge in [-0.25, -0.2) is 9.18 Å². The SMILES string of the molecule is CO[C@H]1C=C[C@@H](n2cc(F)c(N)nc2=O)O1. The van der Waals surface area contributed by atoms with Crippen molar-refractivity contribution in [3.63, 3.8) is 0 Å². The summed E-state index contributed by atoms with van der Waals surface area (Å²) in [5.74, 6) is -1.19. The molecule has 0 aliphatic carbocycles. The normalized spacial score (nSPS) is 23.9. The molecule has 7 heteroatoms. The molecule has 0 saturated heterocycles. The molecule has 0 bridgehead atoms. The van der Waals surface area contributed by atoms with Crippen LogP contribution >= 0.6 is 0 Å². The maximum Gasteiger partial charge on any atom is 0.352 e. The molecule has 1 aromatic heterocycles. The smallest absolute Gasteiger partial charge is 0.352 e. The lowest BCUT2D eigenvalue weighted by Crippen LogP contribution is -2.28. The van der Waals surface area contributed by atoms with Gasteiger partial charge in [-0.1, -0.05) is 0 Å². The molecule has 0 fully saturated rings. The largest absolute Gasteiger partial charge is 0.381 e. The second kappa shape index (κ2) is 4.03. The van der Waals surface area contributed by atoms with Gasteiger partial charge in [0.25, 0.3) is 0 Å². The minimum Gasteiger partial charge on any atom is -0.381 e. The van der Waals surface area contributed by atoms with E-state index in [-0.39, 0.29) is 0 Å². The first-order chi connectivity index (χ1) is 7.61. The monoisotopic (exact) mass is 227 g/mol. The maximum absolute atomic E-state index is 13.1. The Bertz CT molecular complexity index is 485. The zero-order chi connectivity index (χ0) is 11.7. The van der Waals surface area contributed by atoms with Crippen molar-refractivity contribution in [2.24, 2.45) is 0 Å². The standard InChI is InChI=1S/C9H10FN3O3/c1-15-7-3-2-6(16-7)13-4-5(10)8(11)12-9(13)14/h2-4,6-7H,1H3,(H2,11,12,14)/t6-,7+/m0/s1. The van der Waals surface area contributed by atoms with Gasteiger partial charge >= 0.3 is 5.69 Å². The third-order valence-electron chi connectivity index (χ3n) is 2.15. The summed E-state index contributed by atoms with van der Waals surface area (Å²) in [7, 11) is 1.46. The number of hydrogen-bond acceptors (Lipinski definition) is 5. The summed E-state index contributed by atoms with van der Waals surface area (Å²) in [6, 6.07) is 0. The summed E-state index contributed by atoms with van der Waals surface area (Å²) >= 11 is 0. The zero-order valence-corrected chi connectivity index (χ0v) is 8.46. The molecule has 0 saturated carbocycles. The summed E-state index contributed by atoms with van der Waals surface area (Å²) in [6.07, 6.45) is 2.88. The van der Waals surface area contributed by atoms with Crippen LogP contribution in [0.15, 0.2) is 23.1 Å². The highest BCUT2D eigenvalue weighted by atomic mass is 19.1. The van der Waals surface area contributed by atoms with Gasteiger partial charge in [0.15, 0.2) is 24.2 Å². The number of nitrogen functional groups attached to an aromatic ring is 1. The third-order valence-corrected chi connectivity index (χ3v) is 2.15. The number of rotatable bonds is 2. The molecule has 0 unspecified atom stereocenters. The van der Waals surface area contributed by atoms with Crippen molar-refractivity contribution in [1.29, 1.82) is 0 Å². The van der Waals surface area contributed by atoms with Crippen molar-refractivity contribution in [1.82, 2.24) is 9.55 Å². The molecule has 2 rings (SSSR count). The molecule has 0 amide bonds. The van der Waals surface area contributed by atoms with E-state index in [1.165, 1.54) is 7.11 Å². The fourth-order valence-electron chi connectivity index (χ4n) is 1.35. The van der Waals surface area contributed by atoms with Crippen LogP contribution in [0.4, 0.5) is 10.2 Å². The second-order valence-corrected chi connectivity index (χ2v) is 3.18. The molecule has 1 aromatic rings. The van der Waals surface area contributed by atoms with E-state index in [4.69, 9.17) is 15.2 Å². The highest BCUT2D eigenvalue weighted by molar-refractivity contribution is 5.26. The lowest BCUT2D eigenvalue weighted by atomic mass is 10.4. The fourth-order valence-corrected chi connectivity index (χ4v) is 1.35. The van der Waals surface area contributed by atoms with Crippen LogP contribution in [0.1, 0.15) is 6.23 Å². The van der Waals surface area contributed by atoms with Gasteiger partial charge in [-0.3, -0.25) is 4.57 Å². The topological polar surface area (TPSA) is 79.4 Å². The molecule has 0 radical (unpaired) electrons. The van der Waals surface area contributed by atoms with E-state index >= 15 is 0 Å². The Kier molecular flexibility index (Phi) is 2.71. The minimum atomic E-state index is -0.766. The number of ether oxygens (including phenoxy) is 2. The number of aromatic nitrogens is 2. The number of nitrogens with two attached hydrogens (primary N) is 1. The third kappa shape index (κ3) is 1.82. The van der Waals surface area contributed by atoms with Gasteiger partial charge in [-0.15, -0.1) is 0 Å². The quantitative estimate of drug-likeness (QED) is 0.720. The van der Waals surface area contributed by atoms with E-state index in [2.05, 4.69) is 4.98 Å². The van der Waals surface area contributed by atoms with E-state index in [1.54, 1.807) is 12.2 Å². The van der Waals surface area contributed by atoms with E-state index < -0.39 is 29.8 Å². The Morgan fingerprint density at radius 1 is 1.62 bits per heavy atom. The lowest BCUT2D eigenvalue weighted by Gasteiger charge is -2.14. The van der Waals surface area contributed by atoms with Crippen LogP contribution < -0.4 is 11.4 Å². The zero-order valence-electron chi connectivity index (χ0n) is 8.46. The summed E-state index contributed by atoms with van der Waals surface area (Å²) in [4.78, 5) is 14.7. The number of hydrogen-bond donors (Lipinski definition) is 1. The van der Waals surface area contributed by atoms with E-state index in [1.807, 2.05) is 0 Å². The van der Waals surface area contributed by atoms with Crippen LogP contribution in [0, 0.1) is 5.82 Å². The Balaban J connectivity index is 2.33. The van der Waals surface area contributed by atoms with Gasteiger partial charge in [-0.2, -0.15) is 4.98 Å². The Morgan fingerprint density at radius 3 is 3.00 bits per heavy atom. The van der Waals surface area contributed by atoms with Crippen molar-refractivity contribution in [2.45, 2.75) is 12.5 Å². The average Bonchev–Trinajstić information content (AvgIpc) is 2.71. The van der Waals surface area contributed by atoms with Gasteiger partial charge in [0.2, 0.25) is 0 Å². The Hall–Kier alpha value is -1.73. The predicted octanol–water partition coefficient (Wildman–Crippen LogP) is 0.0221. The summed E-state index contributed by atoms with van der Waals surface area (Å²) in [6.45, 7) is 0. The van der Waals surface area contributed by atoms with Crippen molar-refractivity contribution in [2.75, 3.05) is 12.8 Å². The predicted molar refractivity (Wildman–Crippen MR) is 52.9 cm³/mol. The van der Waals surface area contributed by atoms with Gasteiger partial charge in [-0.05, 0) is 12.2 Å². The summed E-state index contributed by atoms with van der Waals surface area (Å²) < 4.78 is 24.3. The first kappa shape index (κ1) is 10.8. The highest BCUT2D eigenvalue weighted by Gasteiger charge is 2.22. The van der Waals surface area contributed by atoms with Crippen LogP contribution in [0.2, 0.25) is 0 Å². The fraction of sp³-hybridized carbons (Fsp3) is 0.333. The van der Waals surface area contributed by atoms with Crippen molar-refractivity contribution in [3.8, 4) is 0 Å². The second-order valence-electron chi connectivity index (χ2n) is 3.18.